The van der Waals surface area contributed by atoms with E-state index in [0.717, 1.165) is 12.8 Å². The fraction of sp³-hybridized carbons (Fsp3) is 0.794. The largest absolute Gasteiger partial charge is 0.456 e. The number of aromatic nitrogens is 1. The van der Waals surface area contributed by atoms with Crippen molar-refractivity contribution in [2.24, 2.45) is 23.7 Å². The second kappa shape index (κ2) is 15.1. The highest BCUT2D eigenvalue weighted by atomic mass is 16.7. The molecule has 12 heteroatoms. The summed E-state index contributed by atoms with van der Waals surface area (Å²) in [5.41, 5.74) is -1.29. The highest BCUT2D eigenvalue weighted by molar-refractivity contribution is 5.88. The summed E-state index contributed by atoms with van der Waals surface area (Å²) < 4.78 is 18.9. The Morgan fingerprint density at radius 3 is 2.54 bits per heavy atom. The Hall–Kier alpha value is -2.51. The van der Waals surface area contributed by atoms with E-state index in [1.54, 1.807) is 49.0 Å². The van der Waals surface area contributed by atoms with E-state index >= 15 is 0 Å². The minimum Gasteiger partial charge on any atom is -0.456 e. The highest BCUT2D eigenvalue weighted by Crippen LogP contribution is 2.37. The Labute approximate surface area is 273 Å². The molecule has 46 heavy (non-hydrogen) atoms. The van der Waals surface area contributed by atoms with E-state index in [-0.39, 0.29) is 47.9 Å². The number of amides is 2. The molecule has 2 bridgehead atoms. The van der Waals surface area contributed by atoms with Gasteiger partial charge in [-0.2, -0.15) is 0 Å². The van der Waals surface area contributed by atoms with Crippen LogP contribution in [0.1, 0.15) is 77.2 Å². The molecule has 0 aliphatic carbocycles. The summed E-state index contributed by atoms with van der Waals surface area (Å²) in [6.45, 7) is 10.6. The molecule has 1 aromatic heterocycles. The van der Waals surface area contributed by atoms with Gasteiger partial charge in [-0.1, -0.05) is 20.8 Å². The molecule has 260 valence electrons. The number of aromatic amines is 1. The van der Waals surface area contributed by atoms with Crippen molar-refractivity contribution in [1.82, 2.24) is 19.7 Å². The fourth-order valence-electron chi connectivity index (χ4n) is 7.84. The van der Waals surface area contributed by atoms with E-state index in [9.17, 15) is 24.6 Å². The van der Waals surface area contributed by atoms with Crippen molar-refractivity contribution in [1.29, 1.82) is 0 Å². The first-order valence-corrected chi connectivity index (χ1v) is 16.8. The lowest BCUT2D eigenvalue weighted by molar-refractivity contribution is -0.299. The molecular formula is C34H56N4O8. The van der Waals surface area contributed by atoms with Crippen molar-refractivity contribution in [3.63, 3.8) is 0 Å². The van der Waals surface area contributed by atoms with Crippen molar-refractivity contribution in [3.8, 4) is 0 Å². The molecule has 11 atom stereocenters. The van der Waals surface area contributed by atoms with Crippen LogP contribution in [0.15, 0.2) is 18.3 Å². The predicted molar refractivity (Wildman–Crippen MR) is 172 cm³/mol. The lowest BCUT2D eigenvalue weighted by atomic mass is 9.77. The van der Waals surface area contributed by atoms with E-state index < -0.39 is 48.0 Å². The topological polar surface area (TPSA) is 145 Å². The number of carbonyl (C=O) groups is 3. The van der Waals surface area contributed by atoms with Gasteiger partial charge in [-0.05, 0) is 77.6 Å². The number of likely N-dealkylation sites (N-methyl/N-ethyl adjacent to an activating group) is 1. The van der Waals surface area contributed by atoms with E-state index in [2.05, 4.69) is 4.98 Å². The summed E-state index contributed by atoms with van der Waals surface area (Å²) >= 11 is 0. The molecule has 0 aromatic carbocycles. The number of nitrogens with zero attached hydrogens (tertiary/aromatic N) is 3. The first kappa shape index (κ1) is 36.3. The van der Waals surface area contributed by atoms with Gasteiger partial charge in [0.05, 0.1) is 23.7 Å². The molecule has 3 fully saturated rings. The molecule has 0 radical (unpaired) electrons. The fourth-order valence-corrected chi connectivity index (χ4v) is 7.84. The number of H-pyrrole nitrogens is 1. The van der Waals surface area contributed by atoms with Gasteiger partial charge >= 0.3 is 5.97 Å². The monoisotopic (exact) mass is 648 g/mol. The maximum atomic E-state index is 14.1. The maximum Gasteiger partial charge on any atom is 0.355 e. The van der Waals surface area contributed by atoms with Crippen molar-refractivity contribution in [2.45, 2.75) is 109 Å². The first-order chi connectivity index (χ1) is 21.6. The summed E-state index contributed by atoms with van der Waals surface area (Å²) in [5, 5.41) is 23.7. The van der Waals surface area contributed by atoms with Crippen LogP contribution in [-0.4, -0.2) is 131 Å². The normalized spacial score (nSPS) is 38.8. The maximum absolute atomic E-state index is 14.1. The van der Waals surface area contributed by atoms with Gasteiger partial charge in [0.1, 0.15) is 17.9 Å². The smallest absolute Gasteiger partial charge is 0.355 e. The third kappa shape index (κ3) is 8.49. The van der Waals surface area contributed by atoms with Gasteiger partial charge in [0, 0.05) is 51.3 Å². The predicted octanol–water partition coefficient (Wildman–Crippen LogP) is 2.50. The average Bonchev–Trinajstić information content (AvgIpc) is 3.53. The van der Waals surface area contributed by atoms with E-state index in [4.69, 9.17) is 14.2 Å². The minimum absolute atomic E-state index is 0.00933. The van der Waals surface area contributed by atoms with Crippen LogP contribution >= 0.6 is 0 Å². The number of nitrogens with one attached hydrogen (secondary N) is 1. The van der Waals surface area contributed by atoms with Gasteiger partial charge < -0.3 is 44.1 Å². The molecule has 12 nitrogen and oxygen atoms in total. The van der Waals surface area contributed by atoms with Crippen LogP contribution < -0.4 is 0 Å². The SMILES string of the molecule is CC1C[C@H](N(C)C)[C@@H](O)[C@H](O[C@@H]2[C@@H](C)[C@H](OC(=O)c3ccc[nH]3)[C@@H](C)C(=O)N3CCCC(CC(=O)N(C)C[C@H](C)C[C@@]2(C)O)C3)O1. The number of ether oxygens (including phenoxy) is 3. The standard InChI is InChI=1S/C34H56N4O8/c1-20-17-34(5,43)30(46-33-28(40)26(36(6)7)15-21(2)44-33)22(3)29(45-32(42)25-12-9-13-35-25)23(4)31(41)38-14-10-11-24(19-38)16-27(39)37(8)18-20/h9,12-13,20-24,26,28-30,33,35,40,43H,10-11,14-19H2,1-8H3/t20-,21?,22+,23-,24?,26+,28-,29+,30-,33+,34-/m1/s1. The molecule has 3 saturated heterocycles. The van der Waals surface area contributed by atoms with Crippen molar-refractivity contribution < 1.29 is 38.8 Å². The second-order valence-electron chi connectivity index (χ2n) is 14.7. The molecule has 4 rings (SSSR count). The van der Waals surface area contributed by atoms with Crippen LogP contribution in [0.2, 0.25) is 0 Å². The average molecular weight is 649 g/mol. The molecule has 3 aliphatic heterocycles. The van der Waals surface area contributed by atoms with Crippen LogP contribution in [0.3, 0.4) is 0 Å². The molecule has 0 spiro atoms. The number of aliphatic hydroxyl groups is 2. The van der Waals surface area contributed by atoms with Crippen LogP contribution in [-0.2, 0) is 23.8 Å². The number of hydrogen-bond donors (Lipinski definition) is 3. The van der Waals surface area contributed by atoms with Crippen LogP contribution in [0.25, 0.3) is 0 Å². The number of fused-ring (bicyclic) bond motifs is 2. The highest BCUT2D eigenvalue weighted by Gasteiger charge is 2.49. The number of aliphatic hydroxyl groups excluding tert-OH is 1. The van der Waals surface area contributed by atoms with E-state index in [0.29, 0.717) is 32.5 Å². The number of esters is 1. The van der Waals surface area contributed by atoms with Crippen LogP contribution in [0.4, 0.5) is 0 Å². The second-order valence-corrected chi connectivity index (χ2v) is 14.7. The van der Waals surface area contributed by atoms with Crippen molar-refractivity contribution in [2.75, 3.05) is 40.8 Å². The minimum atomic E-state index is -1.53. The Kier molecular flexibility index (Phi) is 12.0. The summed E-state index contributed by atoms with van der Waals surface area (Å²) in [5.74, 6) is -2.39. The number of carbonyl (C=O) groups excluding carboxylic acids is 3. The molecule has 2 amide bonds. The van der Waals surface area contributed by atoms with E-state index in [1.165, 1.54) is 0 Å². The Balaban J connectivity index is 1.76. The molecule has 2 unspecified atom stereocenters. The number of hydrogen-bond acceptors (Lipinski definition) is 9. The summed E-state index contributed by atoms with van der Waals surface area (Å²) in [6.07, 6.45) is 0.0968. The summed E-state index contributed by atoms with van der Waals surface area (Å²) in [4.78, 5) is 49.1. The van der Waals surface area contributed by atoms with Gasteiger partial charge in [-0.15, -0.1) is 0 Å². The molecule has 1 aromatic rings. The van der Waals surface area contributed by atoms with Gasteiger partial charge in [0.25, 0.3) is 0 Å². The molecule has 0 saturated carbocycles. The Morgan fingerprint density at radius 2 is 1.89 bits per heavy atom. The van der Waals surface area contributed by atoms with Gasteiger partial charge in [0.15, 0.2) is 6.29 Å². The van der Waals surface area contributed by atoms with E-state index in [1.807, 2.05) is 39.8 Å². The first-order valence-electron chi connectivity index (χ1n) is 16.8. The molecule has 3 aliphatic rings. The van der Waals surface area contributed by atoms with Gasteiger partial charge in [0.2, 0.25) is 11.8 Å². The zero-order chi connectivity index (χ0) is 33.9. The van der Waals surface area contributed by atoms with Crippen molar-refractivity contribution >= 4 is 17.8 Å². The third-order valence-electron chi connectivity index (χ3n) is 10.2. The number of rotatable bonds is 5. The molecule has 3 N–H and O–H groups in total. The van der Waals surface area contributed by atoms with Crippen molar-refractivity contribution in [3.05, 3.63) is 24.0 Å². The zero-order valence-electron chi connectivity index (χ0n) is 28.8. The lowest BCUT2D eigenvalue weighted by Crippen LogP contribution is -2.59. The lowest BCUT2D eigenvalue weighted by Gasteiger charge is -2.47. The summed E-state index contributed by atoms with van der Waals surface area (Å²) in [7, 11) is 5.56. The summed E-state index contributed by atoms with van der Waals surface area (Å²) in [6, 6.07) is 3.05. The third-order valence-corrected chi connectivity index (χ3v) is 10.2. The van der Waals surface area contributed by atoms with Gasteiger partial charge in [-0.25, -0.2) is 4.79 Å². The molecular weight excluding hydrogens is 592 g/mol. The molecule has 4 heterocycles. The van der Waals surface area contributed by atoms with Crippen LogP contribution in [0, 0.1) is 23.7 Å². The number of piperidine rings is 1. The quantitative estimate of drug-likeness (QED) is 0.410. The Morgan fingerprint density at radius 1 is 1.17 bits per heavy atom. The Bertz CT molecular complexity index is 1180. The van der Waals surface area contributed by atoms with Gasteiger partial charge in [-0.3, -0.25) is 9.59 Å². The zero-order valence-corrected chi connectivity index (χ0v) is 28.8. The van der Waals surface area contributed by atoms with Crippen LogP contribution in [0.5, 0.6) is 0 Å².